The molecule has 0 N–H and O–H groups in total. The van der Waals surface area contributed by atoms with Crippen LogP contribution in [0.25, 0.3) is 0 Å². The molecule has 0 saturated carbocycles. The maximum atomic E-state index is 13.6. The molecule has 2 aliphatic rings. The number of hydrogen-bond acceptors (Lipinski definition) is 4. The zero-order valence-electron chi connectivity index (χ0n) is 20.7. The van der Waals surface area contributed by atoms with Gasteiger partial charge in [-0.05, 0) is 42.5 Å². The van der Waals surface area contributed by atoms with E-state index in [4.69, 9.17) is 9.98 Å². The predicted molar refractivity (Wildman–Crippen MR) is 146 cm³/mol. The van der Waals surface area contributed by atoms with Crippen molar-refractivity contribution in [1.82, 2.24) is 14.5 Å². The van der Waals surface area contributed by atoms with Gasteiger partial charge >= 0.3 is 0 Å². The van der Waals surface area contributed by atoms with E-state index in [1.165, 1.54) is 5.56 Å². The lowest BCUT2D eigenvalue weighted by molar-refractivity contribution is 0.0841. The third-order valence-corrected chi connectivity index (χ3v) is 6.72. The lowest BCUT2D eigenvalue weighted by Gasteiger charge is -2.33. The Morgan fingerprint density at radius 3 is 2.19 bits per heavy atom. The fraction of sp³-hybridized carbons (Fsp3) is 0.194. The summed E-state index contributed by atoms with van der Waals surface area (Å²) in [6.45, 7) is 3.76. The minimum absolute atomic E-state index is 0.0455. The van der Waals surface area contributed by atoms with Crippen LogP contribution >= 0.6 is 0 Å². The van der Waals surface area contributed by atoms with E-state index < -0.39 is 0 Å². The Hall–Kier alpha value is -4.63. The number of aliphatic imine (C=N–C) groups is 1. The number of benzene rings is 3. The summed E-state index contributed by atoms with van der Waals surface area (Å²) in [6.07, 6.45) is 0.815. The molecule has 1 amide bonds. The van der Waals surface area contributed by atoms with Crippen molar-refractivity contribution in [1.29, 1.82) is 0 Å². The Kier molecular flexibility index (Phi) is 6.03. The normalized spacial score (nSPS) is 16.1. The van der Waals surface area contributed by atoms with Gasteiger partial charge in [0.05, 0.1) is 19.1 Å². The quantitative estimate of drug-likeness (QED) is 0.389. The van der Waals surface area contributed by atoms with Gasteiger partial charge in [0.15, 0.2) is 11.5 Å². The van der Waals surface area contributed by atoms with E-state index in [-0.39, 0.29) is 11.9 Å². The SMILES string of the molecule is CCN1C(=O)c2nc(C#Cc3ccccc3)n(Cc3ccccc3)c2N2CC(Cc3ccccc3)N=C12. The van der Waals surface area contributed by atoms with E-state index in [0.717, 1.165) is 23.4 Å². The average molecular weight is 486 g/mol. The van der Waals surface area contributed by atoms with Crippen LogP contribution in [0.1, 0.15) is 39.9 Å². The molecule has 6 nitrogen and oxygen atoms in total. The molecule has 2 aliphatic heterocycles. The van der Waals surface area contributed by atoms with Gasteiger partial charge in [0.25, 0.3) is 5.91 Å². The van der Waals surface area contributed by atoms with Crippen molar-refractivity contribution in [3.63, 3.8) is 0 Å². The third kappa shape index (κ3) is 4.41. The minimum atomic E-state index is -0.123. The number of fused-ring (bicyclic) bond motifs is 3. The minimum Gasteiger partial charge on any atom is -0.299 e. The van der Waals surface area contributed by atoms with E-state index in [2.05, 4.69) is 57.7 Å². The molecule has 3 aromatic carbocycles. The molecule has 0 aliphatic carbocycles. The van der Waals surface area contributed by atoms with Crippen molar-refractivity contribution in [2.45, 2.75) is 25.9 Å². The van der Waals surface area contributed by atoms with Crippen molar-refractivity contribution in [2.24, 2.45) is 4.99 Å². The van der Waals surface area contributed by atoms with Crippen LogP contribution in [-0.2, 0) is 13.0 Å². The van der Waals surface area contributed by atoms with Crippen LogP contribution in [0, 0.1) is 11.8 Å². The predicted octanol–water partition coefficient (Wildman–Crippen LogP) is 4.59. The molecule has 0 saturated heterocycles. The van der Waals surface area contributed by atoms with Crippen LogP contribution in [0.2, 0.25) is 0 Å². The molecule has 0 fully saturated rings. The maximum absolute atomic E-state index is 13.6. The van der Waals surface area contributed by atoms with Gasteiger partial charge in [-0.1, -0.05) is 84.8 Å². The summed E-state index contributed by atoms with van der Waals surface area (Å²) < 4.78 is 2.08. The molecule has 1 atom stereocenters. The third-order valence-electron chi connectivity index (χ3n) is 6.72. The average Bonchev–Trinajstić information content (AvgIpc) is 3.51. The fourth-order valence-corrected chi connectivity index (χ4v) is 4.99. The number of rotatable bonds is 5. The van der Waals surface area contributed by atoms with Crippen LogP contribution in [0.15, 0.2) is 96.0 Å². The number of carbonyl (C=O) groups excluding carboxylic acids is 1. The lowest BCUT2D eigenvalue weighted by Crippen LogP contribution is -2.50. The number of carbonyl (C=O) groups is 1. The smallest absolute Gasteiger partial charge is 0.283 e. The highest BCUT2D eigenvalue weighted by molar-refractivity contribution is 6.18. The standard InChI is InChI=1S/C31H27N5O/c1-2-34-30(37)28-29(36-22-26(32-31(34)36)20-24-14-8-4-9-15-24)35(21-25-16-10-5-11-17-25)27(33-28)19-18-23-12-6-3-7-13-23/h3-17,26H,2,20-22H2,1H3. The summed E-state index contributed by atoms with van der Waals surface area (Å²) in [6, 6.07) is 30.5. The summed E-state index contributed by atoms with van der Waals surface area (Å²) in [5.74, 6) is 8.43. The number of nitrogens with zero attached hydrogens (tertiary/aromatic N) is 5. The largest absolute Gasteiger partial charge is 0.299 e. The number of imidazole rings is 1. The molecule has 3 heterocycles. The second kappa shape index (κ2) is 9.79. The number of hydrogen-bond donors (Lipinski definition) is 0. The Morgan fingerprint density at radius 2 is 1.51 bits per heavy atom. The van der Waals surface area contributed by atoms with E-state index >= 15 is 0 Å². The zero-order chi connectivity index (χ0) is 25.2. The summed E-state index contributed by atoms with van der Waals surface area (Å²) in [4.78, 5) is 27.4. The highest BCUT2D eigenvalue weighted by Crippen LogP contribution is 2.34. The summed E-state index contributed by atoms with van der Waals surface area (Å²) in [7, 11) is 0. The molecule has 1 aromatic heterocycles. The van der Waals surface area contributed by atoms with Crippen LogP contribution in [0.3, 0.4) is 0 Å². The Bertz CT molecular complexity index is 1510. The molecule has 182 valence electrons. The Morgan fingerprint density at radius 1 is 0.865 bits per heavy atom. The van der Waals surface area contributed by atoms with Gasteiger partial charge in [-0.25, -0.2) is 9.98 Å². The molecule has 0 radical (unpaired) electrons. The Balaban J connectivity index is 1.44. The van der Waals surface area contributed by atoms with E-state index in [1.54, 1.807) is 4.90 Å². The van der Waals surface area contributed by atoms with E-state index in [9.17, 15) is 4.79 Å². The van der Waals surface area contributed by atoms with Gasteiger partial charge in [-0.3, -0.25) is 19.2 Å². The van der Waals surface area contributed by atoms with Gasteiger partial charge < -0.3 is 0 Å². The van der Waals surface area contributed by atoms with Crippen molar-refractivity contribution < 1.29 is 4.79 Å². The van der Waals surface area contributed by atoms with Gasteiger partial charge in [0.1, 0.15) is 5.82 Å². The first-order valence-electron chi connectivity index (χ1n) is 12.6. The molecule has 1 unspecified atom stereocenters. The van der Waals surface area contributed by atoms with Gasteiger partial charge in [-0.15, -0.1) is 0 Å². The van der Waals surface area contributed by atoms with Crippen LogP contribution < -0.4 is 4.90 Å². The molecule has 0 spiro atoms. The van der Waals surface area contributed by atoms with E-state index in [1.807, 2.05) is 61.5 Å². The molecule has 6 heteroatoms. The molecule has 37 heavy (non-hydrogen) atoms. The zero-order valence-corrected chi connectivity index (χ0v) is 20.7. The summed E-state index contributed by atoms with van der Waals surface area (Å²) >= 11 is 0. The van der Waals surface area contributed by atoms with Crippen molar-refractivity contribution in [3.05, 3.63) is 119 Å². The molecular formula is C31H27N5O. The summed E-state index contributed by atoms with van der Waals surface area (Å²) in [5.41, 5.74) is 3.70. The first-order valence-corrected chi connectivity index (χ1v) is 12.6. The number of amides is 1. The van der Waals surface area contributed by atoms with Crippen LogP contribution in [0.4, 0.5) is 5.82 Å². The number of guanidine groups is 1. The topological polar surface area (TPSA) is 53.7 Å². The molecular weight excluding hydrogens is 458 g/mol. The first kappa shape index (κ1) is 22.8. The highest BCUT2D eigenvalue weighted by Gasteiger charge is 2.43. The van der Waals surface area contributed by atoms with Crippen molar-refractivity contribution >= 4 is 17.7 Å². The molecule has 4 aromatic rings. The van der Waals surface area contributed by atoms with Crippen LogP contribution in [0.5, 0.6) is 0 Å². The Labute approximate surface area is 216 Å². The monoisotopic (exact) mass is 485 g/mol. The maximum Gasteiger partial charge on any atom is 0.283 e. The van der Waals surface area contributed by atoms with Gasteiger partial charge in [0, 0.05) is 12.1 Å². The first-order chi connectivity index (χ1) is 18.2. The number of anilines is 1. The second-order valence-electron chi connectivity index (χ2n) is 9.23. The molecule has 6 rings (SSSR count). The fourth-order valence-electron chi connectivity index (χ4n) is 4.99. The lowest BCUT2D eigenvalue weighted by atomic mass is 10.1. The van der Waals surface area contributed by atoms with E-state index in [0.29, 0.717) is 37.1 Å². The van der Waals surface area contributed by atoms with Crippen molar-refractivity contribution in [3.8, 4) is 11.8 Å². The number of aromatic nitrogens is 2. The van der Waals surface area contributed by atoms with Gasteiger partial charge in [0.2, 0.25) is 5.96 Å². The van der Waals surface area contributed by atoms with Crippen LogP contribution in [-0.4, -0.2) is 45.4 Å². The summed E-state index contributed by atoms with van der Waals surface area (Å²) in [5, 5.41) is 0. The van der Waals surface area contributed by atoms with Crippen molar-refractivity contribution in [2.75, 3.05) is 18.0 Å². The highest BCUT2D eigenvalue weighted by atomic mass is 16.2. The molecule has 0 bridgehead atoms. The van der Waals surface area contributed by atoms with Gasteiger partial charge in [-0.2, -0.15) is 0 Å². The second-order valence-corrected chi connectivity index (χ2v) is 9.23.